The second-order valence-corrected chi connectivity index (χ2v) is 3.37. The first-order chi connectivity index (χ1) is 6.76. The van der Waals surface area contributed by atoms with E-state index in [0.29, 0.717) is 11.6 Å². The van der Waals surface area contributed by atoms with Gasteiger partial charge in [0.25, 0.3) is 0 Å². The van der Waals surface area contributed by atoms with Crippen LogP contribution in [-0.2, 0) is 0 Å². The van der Waals surface area contributed by atoms with Gasteiger partial charge in [0.2, 0.25) is 5.88 Å². The molecule has 0 saturated carbocycles. The van der Waals surface area contributed by atoms with E-state index in [9.17, 15) is 0 Å². The Morgan fingerprint density at radius 3 is 2.50 bits per heavy atom. The third-order valence-electron chi connectivity index (χ3n) is 1.45. The zero-order chi connectivity index (χ0) is 10.4. The van der Waals surface area contributed by atoms with E-state index >= 15 is 0 Å². The minimum atomic E-state index is 0.433. The molecule has 1 aromatic rings. The molecule has 0 atom stereocenters. The van der Waals surface area contributed by atoms with E-state index in [1.807, 2.05) is 24.3 Å². The average Bonchev–Trinajstić information content (AvgIpc) is 2.20. The number of rotatable bonds is 4. The molecule has 0 unspecified atom stereocenters. The SMILES string of the molecule is C=C/C=C(\N=C)Oc1ccc(Br)cc1. The maximum absolute atomic E-state index is 5.40. The molecule has 0 saturated heterocycles. The summed E-state index contributed by atoms with van der Waals surface area (Å²) in [5.74, 6) is 1.15. The number of aliphatic imine (C=N–C) groups is 1. The van der Waals surface area contributed by atoms with Crippen LogP contribution >= 0.6 is 15.9 Å². The van der Waals surface area contributed by atoms with Crippen molar-refractivity contribution >= 4 is 22.6 Å². The van der Waals surface area contributed by atoms with Gasteiger partial charge in [0.15, 0.2) is 0 Å². The van der Waals surface area contributed by atoms with Gasteiger partial charge in [-0.2, -0.15) is 0 Å². The number of allylic oxidation sites excluding steroid dienone is 2. The second kappa shape index (κ2) is 5.40. The van der Waals surface area contributed by atoms with Crippen LogP contribution in [0.4, 0.5) is 0 Å². The van der Waals surface area contributed by atoms with Crippen molar-refractivity contribution < 1.29 is 4.74 Å². The van der Waals surface area contributed by atoms with E-state index in [1.165, 1.54) is 0 Å². The molecule has 0 aromatic heterocycles. The van der Waals surface area contributed by atoms with E-state index in [1.54, 1.807) is 12.2 Å². The molecule has 0 heterocycles. The number of hydrogen-bond acceptors (Lipinski definition) is 2. The molecule has 0 spiro atoms. The minimum absolute atomic E-state index is 0.433. The van der Waals surface area contributed by atoms with Gasteiger partial charge in [-0.15, -0.1) is 0 Å². The fourth-order valence-electron chi connectivity index (χ4n) is 0.843. The number of ether oxygens (including phenoxy) is 1. The Kier molecular flexibility index (Phi) is 4.13. The molecule has 0 N–H and O–H groups in total. The van der Waals surface area contributed by atoms with E-state index < -0.39 is 0 Å². The Morgan fingerprint density at radius 2 is 2.00 bits per heavy atom. The molecule has 14 heavy (non-hydrogen) atoms. The van der Waals surface area contributed by atoms with Gasteiger partial charge in [-0.05, 0) is 31.0 Å². The summed E-state index contributed by atoms with van der Waals surface area (Å²) in [5.41, 5.74) is 0. The lowest BCUT2D eigenvalue weighted by atomic mass is 10.3. The highest BCUT2D eigenvalue weighted by atomic mass is 79.9. The Bertz CT molecular complexity index is 354. The van der Waals surface area contributed by atoms with Crippen molar-refractivity contribution in [1.29, 1.82) is 0 Å². The third-order valence-corrected chi connectivity index (χ3v) is 1.98. The Balaban J connectivity index is 2.77. The van der Waals surface area contributed by atoms with Crippen LogP contribution in [0.1, 0.15) is 0 Å². The summed E-state index contributed by atoms with van der Waals surface area (Å²) < 4.78 is 6.40. The van der Waals surface area contributed by atoms with Crippen molar-refractivity contribution in [3.63, 3.8) is 0 Å². The summed E-state index contributed by atoms with van der Waals surface area (Å²) in [6, 6.07) is 7.46. The van der Waals surface area contributed by atoms with Crippen LogP contribution in [0.25, 0.3) is 0 Å². The van der Waals surface area contributed by atoms with Crippen LogP contribution in [0.3, 0.4) is 0 Å². The van der Waals surface area contributed by atoms with Crippen molar-refractivity contribution in [2.75, 3.05) is 0 Å². The molecule has 72 valence electrons. The van der Waals surface area contributed by atoms with Crippen LogP contribution in [0.2, 0.25) is 0 Å². The van der Waals surface area contributed by atoms with Gasteiger partial charge >= 0.3 is 0 Å². The average molecular weight is 252 g/mol. The highest BCUT2D eigenvalue weighted by Gasteiger charge is 1.96. The largest absolute Gasteiger partial charge is 0.439 e. The molecule has 0 aliphatic carbocycles. The van der Waals surface area contributed by atoms with E-state index in [4.69, 9.17) is 4.74 Å². The maximum Gasteiger partial charge on any atom is 0.218 e. The molecular weight excluding hydrogens is 242 g/mol. The number of hydrogen-bond donors (Lipinski definition) is 0. The molecule has 0 aliphatic rings. The van der Waals surface area contributed by atoms with Gasteiger partial charge in [-0.25, -0.2) is 4.99 Å². The lowest BCUT2D eigenvalue weighted by Crippen LogP contribution is -1.90. The second-order valence-electron chi connectivity index (χ2n) is 2.45. The van der Waals surface area contributed by atoms with Gasteiger partial charge in [0.05, 0.1) is 0 Å². The van der Waals surface area contributed by atoms with Crippen LogP contribution in [0, 0.1) is 0 Å². The highest BCUT2D eigenvalue weighted by Crippen LogP contribution is 2.18. The predicted octanol–water partition coefficient (Wildman–Crippen LogP) is 3.56. The molecule has 0 fully saturated rings. The van der Waals surface area contributed by atoms with Gasteiger partial charge in [-0.3, -0.25) is 0 Å². The molecule has 1 rings (SSSR count). The van der Waals surface area contributed by atoms with Crippen molar-refractivity contribution in [2.24, 2.45) is 4.99 Å². The van der Waals surface area contributed by atoms with Crippen LogP contribution in [-0.4, -0.2) is 6.72 Å². The van der Waals surface area contributed by atoms with Crippen molar-refractivity contribution in [2.45, 2.75) is 0 Å². The molecule has 0 aliphatic heterocycles. The van der Waals surface area contributed by atoms with Crippen LogP contribution < -0.4 is 4.74 Å². The third kappa shape index (κ3) is 3.18. The van der Waals surface area contributed by atoms with Crippen LogP contribution in [0.15, 0.2) is 58.3 Å². The van der Waals surface area contributed by atoms with Crippen LogP contribution in [0.5, 0.6) is 5.75 Å². The first kappa shape index (κ1) is 10.7. The summed E-state index contributed by atoms with van der Waals surface area (Å²) >= 11 is 3.34. The summed E-state index contributed by atoms with van der Waals surface area (Å²) in [5, 5.41) is 0. The Morgan fingerprint density at radius 1 is 1.36 bits per heavy atom. The topological polar surface area (TPSA) is 21.6 Å². The zero-order valence-electron chi connectivity index (χ0n) is 7.61. The number of benzene rings is 1. The summed E-state index contributed by atoms with van der Waals surface area (Å²) in [4.78, 5) is 3.70. The molecule has 1 aromatic carbocycles. The predicted molar refractivity (Wildman–Crippen MR) is 62.6 cm³/mol. The molecule has 0 radical (unpaired) electrons. The first-order valence-electron chi connectivity index (χ1n) is 3.99. The molecular formula is C11H10BrNO. The first-order valence-corrected chi connectivity index (χ1v) is 4.78. The molecule has 0 amide bonds. The number of nitrogens with zero attached hydrogens (tertiary/aromatic N) is 1. The standard InChI is InChI=1S/C11H10BrNO/c1-3-4-11(13-2)14-10-7-5-9(12)6-8-10/h3-8H,1-2H2/b11-4+. The van der Waals surface area contributed by atoms with Crippen molar-refractivity contribution in [3.05, 3.63) is 53.4 Å². The summed E-state index contributed by atoms with van der Waals surface area (Å²) in [7, 11) is 0. The van der Waals surface area contributed by atoms with Crippen molar-refractivity contribution in [1.82, 2.24) is 0 Å². The highest BCUT2D eigenvalue weighted by molar-refractivity contribution is 9.10. The molecule has 2 nitrogen and oxygen atoms in total. The van der Waals surface area contributed by atoms with Gasteiger partial charge in [0, 0.05) is 10.5 Å². The van der Waals surface area contributed by atoms with Gasteiger partial charge in [0.1, 0.15) is 5.75 Å². The van der Waals surface area contributed by atoms with E-state index in [-0.39, 0.29) is 0 Å². The fraction of sp³-hybridized carbons (Fsp3) is 0. The summed E-state index contributed by atoms with van der Waals surface area (Å²) in [6.45, 7) is 6.95. The Hall–Kier alpha value is -1.35. The van der Waals surface area contributed by atoms with E-state index in [0.717, 1.165) is 4.47 Å². The Labute approximate surface area is 91.8 Å². The maximum atomic E-state index is 5.40. The quantitative estimate of drug-likeness (QED) is 0.456. The molecule has 3 heteroatoms. The normalized spacial score (nSPS) is 10.8. The summed E-state index contributed by atoms with van der Waals surface area (Å²) in [6.07, 6.45) is 3.25. The molecule has 0 bridgehead atoms. The van der Waals surface area contributed by atoms with Gasteiger partial charge < -0.3 is 4.74 Å². The lowest BCUT2D eigenvalue weighted by molar-refractivity contribution is 0.422. The lowest BCUT2D eigenvalue weighted by Gasteiger charge is -2.04. The van der Waals surface area contributed by atoms with Gasteiger partial charge in [-0.1, -0.05) is 28.6 Å². The number of halogens is 1. The smallest absolute Gasteiger partial charge is 0.218 e. The minimum Gasteiger partial charge on any atom is -0.439 e. The monoisotopic (exact) mass is 251 g/mol. The van der Waals surface area contributed by atoms with Crippen molar-refractivity contribution in [3.8, 4) is 5.75 Å². The fourth-order valence-corrected chi connectivity index (χ4v) is 1.11. The zero-order valence-corrected chi connectivity index (χ0v) is 9.20. The van der Waals surface area contributed by atoms with E-state index in [2.05, 4.69) is 34.2 Å².